The fourth-order valence-electron chi connectivity index (χ4n) is 2.00. The van der Waals surface area contributed by atoms with Crippen molar-refractivity contribution in [3.8, 4) is 0 Å². The lowest BCUT2D eigenvalue weighted by Gasteiger charge is -2.13. The Morgan fingerprint density at radius 3 is 3.00 bits per heavy atom. The quantitative estimate of drug-likeness (QED) is 0.775. The number of para-hydroxylation sites is 1. The second-order valence-electron chi connectivity index (χ2n) is 4.53. The highest BCUT2D eigenvalue weighted by Gasteiger charge is 2.05. The second-order valence-corrected chi connectivity index (χ2v) is 4.53. The van der Waals surface area contributed by atoms with E-state index in [1.165, 1.54) is 0 Å². The van der Waals surface area contributed by atoms with Crippen LogP contribution in [0, 0.1) is 0 Å². The summed E-state index contributed by atoms with van der Waals surface area (Å²) in [5, 5.41) is 8.52. The molecule has 3 rings (SSSR count). The van der Waals surface area contributed by atoms with Gasteiger partial charge in [0.1, 0.15) is 0 Å². The van der Waals surface area contributed by atoms with Crippen LogP contribution in [0.4, 0.5) is 5.95 Å². The lowest BCUT2D eigenvalue weighted by Crippen LogP contribution is -2.23. The third-order valence-corrected chi connectivity index (χ3v) is 2.88. The molecule has 1 atom stereocenters. The van der Waals surface area contributed by atoms with Gasteiger partial charge in [0.15, 0.2) is 0 Å². The fraction of sp³-hybridized carbons (Fsp3) is 0.214. The van der Waals surface area contributed by atoms with E-state index in [1.54, 1.807) is 6.20 Å². The summed E-state index contributed by atoms with van der Waals surface area (Å²) in [4.78, 5) is 8.82. The summed E-state index contributed by atoms with van der Waals surface area (Å²) in [5.41, 5.74) is 0.950. The van der Waals surface area contributed by atoms with Gasteiger partial charge in [0.05, 0.1) is 12.1 Å². The summed E-state index contributed by atoms with van der Waals surface area (Å²) in [5.74, 6) is 0.651. The number of anilines is 1. The zero-order valence-corrected chi connectivity index (χ0v) is 10.7. The van der Waals surface area contributed by atoms with E-state index in [1.807, 2.05) is 47.4 Å². The van der Waals surface area contributed by atoms with Crippen LogP contribution >= 0.6 is 0 Å². The molecule has 0 saturated carbocycles. The smallest absolute Gasteiger partial charge is 0.223 e. The molecule has 1 N–H and O–H groups in total. The zero-order valence-electron chi connectivity index (χ0n) is 10.7. The van der Waals surface area contributed by atoms with Crippen LogP contribution in [0.2, 0.25) is 0 Å². The van der Waals surface area contributed by atoms with Crippen LogP contribution < -0.4 is 5.32 Å². The van der Waals surface area contributed by atoms with Gasteiger partial charge in [0, 0.05) is 30.0 Å². The average Bonchev–Trinajstić information content (AvgIpc) is 2.91. The van der Waals surface area contributed by atoms with E-state index >= 15 is 0 Å². The van der Waals surface area contributed by atoms with E-state index in [9.17, 15) is 0 Å². The van der Waals surface area contributed by atoms with Gasteiger partial charge in [-0.3, -0.25) is 4.68 Å². The van der Waals surface area contributed by atoms with Crippen molar-refractivity contribution < 1.29 is 0 Å². The van der Waals surface area contributed by atoms with E-state index < -0.39 is 0 Å². The van der Waals surface area contributed by atoms with Crippen LogP contribution in [0.5, 0.6) is 0 Å². The number of rotatable bonds is 4. The molecule has 2 heterocycles. The maximum Gasteiger partial charge on any atom is 0.223 e. The molecule has 3 aromatic rings. The van der Waals surface area contributed by atoms with Gasteiger partial charge in [-0.15, -0.1) is 0 Å². The molecule has 2 aromatic heterocycles. The largest absolute Gasteiger partial charge is 0.350 e. The fourth-order valence-corrected chi connectivity index (χ4v) is 2.00. The predicted molar refractivity (Wildman–Crippen MR) is 74.8 cm³/mol. The van der Waals surface area contributed by atoms with E-state index in [4.69, 9.17) is 0 Å². The number of benzene rings is 1. The van der Waals surface area contributed by atoms with Gasteiger partial charge in [-0.1, -0.05) is 18.2 Å². The molecule has 5 heteroatoms. The van der Waals surface area contributed by atoms with Gasteiger partial charge in [-0.25, -0.2) is 9.97 Å². The lowest BCUT2D eigenvalue weighted by atomic mass is 10.2. The summed E-state index contributed by atoms with van der Waals surface area (Å²) in [7, 11) is 0. The van der Waals surface area contributed by atoms with Gasteiger partial charge in [0.25, 0.3) is 0 Å². The Labute approximate surface area is 111 Å². The minimum Gasteiger partial charge on any atom is -0.350 e. The molecule has 0 fully saturated rings. The molecule has 0 aliphatic carbocycles. The molecule has 1 aromatic carbocycles. The summed E-state index contributed by atoms with van der Waals surface area (Å²) < 4.78 is 1.89. The van der Waals surface area contributed by atoms with Gasteiger partial charge >= 0.3 is 0 Å². The third-order valence-electron chi connectivity index (χ3n) is 2.88. The third kappa shape index (κ3) is 2.70. The molecule has 96 valence electrons. The first kappa shape index (κ1) is 11.6. The van der Waals surface area contributed by atoms with Crippen molar-refractivity contribution in [2.24, 2.45) is 0 Å². The van der Waals surface area contributed by atoms with Gasteiger partial charge in [0.2, 0.25) is 5.95 Å². The first-order valence-electron chi connectivity index (χ1n) is 6.27. The average molecular weight is 253 g/mol. The SMILES string of the molecule is CC(Cn1cccn1)Nc1ncc2ccccc2n1. The molecule has 5 nitrogen and oxygen atoms in total. The molecule has 0 spiro atoms. The summed E-state index contributed by atoms with van der Waals surface area (Å²) in [6.45, 7) is 2.86. The Morgan fingerprint density at radius 1 is 1.26 bits per heavy atom. The highest BCUT2D eigenvalue weighted by Crippen LogP contribution is 2.12. The Bertz CT molecular complexity index is 662. The highest BCUT2D eigenvalue weighted by atomic mass is 15.3. The van der Waals surface area contributed by atoms with Crippen molar-refractivity contribution in [1.82, 2.24) is 19.7 Å². The van der Waals surface area contributed by atoms with Crippen molar-refractivity contribution in [1.29, 1.82) is 0 Å². The Kier molecular flexibility index (Phi) is 3.10. The van der Waals surface area contributed by atoms with Crippen LogP contribution in [0.3, 0.4) is 0 Å². The van der Waals surface area contributed by atoms with E-state index in [0.717, 1.165) is 17.4 Å². The van der Waals surface area contributed by atoms with Crippen LogP contribution in [0.25, 0.3) is 10.9 Å². The van der Waals surface area contributed by atoms with E-state index in [-0.39, 0.29) is 6.04 Å². The van der Waals surface area contributed by atoms with Crippen molar-refractivity contribution in [2.45, 2.75) is 19.5 Å². The molecule has 0 radical (unpaired) electrons. The van der Waals surface area contributed by atoms with Crippen molar-refractivity contribution in [3.05, 3.63) is 48.9 Å². The van der Waals surface area contributed by atoms with Crippen LogP contribution in [-0.2, 0) is 6.54 Å². The minimum absolute atomic E-state index is 0.209. The normalized spacial score (nSPS) is 12.5. The number of fused-ring (bicyclic) bond motifs is 1. The number of aromatic nitrogens is 4. The number of hydrogen-bond donors (Lipinski definition) is 1. The highest BCUT2D eigenvalue weighted by molar-refractivity contribution is 5.78. The molecule has 0 aliphatic rings. The standard InChI is InChI=1S/C14H15N5/c1-11(10-19-8-4-7-16-19)17-14-15-9-12-5-2-3-6-13(12)18-14/h2-9,11H,10H2,1H3,(H,15,17,18). The number of nitrogens with one attached hydrogen (secondary N) is 1. The van der Waals surface area contributed by atoms with Gasteiger partial charge in [-0.2, -0.15) is 5.10 Å². The Hall–Kier alpha value is -2.43. The van der Waals surface area contributed by atoms with Gasteiger partial charge in [-0.05, 0) is 19.1 Å². The zero-order chi connectivity index (χ0) is 13.1. The number of hydrogen-bond acceptors (Lipinski definition) is 4. The van der Waals surface area contributed by atoms with E-state index in [0.29, 0.717) is 5.95 Å². The first-order chi connectivity index (χ1) is 9.31. The summed E-state index contributed by atoms with van der Waals surface area (Å²) in [6, 6.07) is 10.1. The topological polar surface area (TPSA) is 55.6 Å². The Balaban J connectivity index is 1.73. The molecule has 1 unspecified atom stereocenters. The summed E-state index contributed by atoms with van der Waals surface area (Å²) >= 11 is 0. The number of nitrogens with zero attached hydrogens (tertiary/aromatic N) is 4. The molecule has 0 aliphatic heterocycles. The molecular weight excluding hydrogens is 238 g/mol. The maximum atomic E-state index is 4.49. The monoisotopic (exact) mass is 253 g/mol. The van der Waals surface area contributed by atoms with E-state index in [2.05, 4.69) is 27.3 Å². The maximum absolute atomic E-state index is 4.49. The van der Waals surface area contributed by atoms with Crippen molar-refractivity contribution >= 4 is 16.9 Å². The van der Waals surface area contributed by atoms with Gasteiger partial charge < -0.3 is 5.32 Å². The molecule has 0 saturated heterocycles. The van der Waals surface area contributed by atoms with Crippen LogP contribution in [-0.4, -0.2) is 25.8 Å². The first-order valence-corrected chi connectivity index (χ1v) is 6.27. The molecule has 19 heavy (non-hydrogen) atoms. The van der Waals surface area contributed by atoms with Crippen molar-refractivity contribution in [2.75, 3.05) is 5.32 Å². The molecular formula is C14H15N5. The van der Waals surface area contributed by atoms with Crippen LogP contribution in [0.1, 0.15) is 6.92 Å². The minimum atomic E-state index is 0.209. The summed E-state index contributed by atoms with van der Waals surface area (Å²) in [6.07, 6.45) is 5.56. The Morgan fingerprint density at radius 2 is 2.16 bits per heavy atom. The molecule has 0 bridgehead atoms. The van der Waals surface area contributed by atoms with Crippen LogP contribution in [0.15, 0.2) is 48.9 Å². The lowest BCUT2D eigenvalue weighted by molar-refractivity contribution is 0.558. The second kappa shape index (κ2) is 5.06. The van der Waals surface area contributed by atoms with Crippen molar-refractivity contribution in [3.63, 3.8) is 0 Å². The molecule has 0 amide bonds. The predicted octanol–water partition coefficient (Wildman–Crippen LogP) is 2.33.